The Morgan fingerprint density at radius 2 is 2.43 bits per heavy atom. The molecule has 78 valence electrons. The van der Waals surface area contributed by atoms with Crippen LogP contribution in [0.25, 0.3) is 0 Å². The van der Waals surface area contributed by atoms with Crippen LogP contribution in [0.5, 0.6) is 0 Å². The van der Waals surface area contributed by atoms with Gasteiger partial charge in [-0.1, -0.05) is 33.1 Å². The summed E-state index contributed by atoms with van der Waals surface area (Å²) < 4.78 is 0. The summed E-state index contributed by atoms with van der Waals surface area (Å²) in [7, 11) is 0. The fraction of sp³-hybridized carbons (Fsp3) is 0.636. The number of carbonyl (C=O) groups is 1. The summed E-state index contributed by atoms with van der Waals surface area (Å²) in [5.74, 6) is 1.08. The van der Waals surface area contributed by atoms with Crippen molar-refractivity contribution < 1.29 is 4.79 Å². The Morgan fingerprint density at radius 1 is 1.64 bits per heavy atom. The number of H-pyrrole nitrogens is 1. The average molecular weight is 194 g/mol. The van der Waals surface area contributed by atoms with E-state index in [0.717, 1.165) is 6.42 Å². The van der Waals surface area contributed by atoms with Crippen LogP contribution in [-0.4, -0.2) is 15.8 Å². The van der Waals surface area contributed by atoms with Gasteiger partial charge in [-0.2, -0.15) is 0 Å². The van der Waals surface area contributed by atoms with Crippen LogP contribution in [0.1, 0.15) is 50.1 Å². The molecular formula is C11H18N2O. The number of imidazole rings is 1. The normalized spacial score (nSPS) is 12.7. The van der Waals surface area contributed by atoms with Gasteiger partial charge in [0.05, 0.1) is 0 Å². The molecule has 3 nitrogen and oxygen atoms in total. The van der Waals surface area contributed by atoms with Gasteiger partial charge < -0.3 is 4.98 Å². The number of Topliss-reactive ketones (excluding diaryl/α,β-unsaturated/α-hetero) is 1. The highest BCUT2D eigenvalue weighted by Crippen LogP contribution is 2.13. The van der Waals surface area contributed by atoms with Gasteiger partial charge in [-0.05, 0) is 5.92 Å². The number of nitrogens with zero attached hydrogens (tertiary/aromatic N) is 1. The van der Waals surface area contributed by atoms with Crippen molar-refractivity contribution in [1.29, 1.82) is 0 Å². The van der Waals surface area contributed by atoms with Gasteiger partial charge in [0.2, 0.25) is 0 Å². The highest BCUT2D eigenvalue weighted by atomic mass is 16.1. The van der Waals surface area contributed by atoms with E-state index in [0.29, 0.717) is 18.2 Å². The molecule has 0 aliphatic carbocycles. The van der Waals surface area contributed by atoms with E-state index in [1.54, 1.807) is 12.4 Å². The molecular weight excluding hydrogens is 176 g/mol. The van der Waals surface area contributed by atoms with Crippen LogP contribution < -0.4 is 0 Å². The molecule has 0 spiro atoms. The van der Waals surface area contributed by atoms with Crippen LogP contribution in [0.4, 0.5) is 0 Å². The number of nitrogens with one attached hydrogen (secondary N) is 1. The van der Waals surface area contributed by atoms with Crippen LogP contribution in [0.2, 0.25) is 0 Å². The second-order valence-electron chi connectivity index (χ2n) is 3.81. The largest absolute Gasteiger partial charge is 0.342 e. The van der Waals surface area contributed by atoms with Gasteiger partial charge in [-0.25, -0.2) is 4.98 Å². The molecule has 1 N–H and O–H groups in total. The average Bonchev–Trinajstić information content (AvgIpc) is 2.67. The number of aromatic nitrogens is 2. The maximum absolute atomic E-state index is 11.6. The highest BCUT2D eigenvalue weighted by Gasteiger charge is 2.12. The second kappa shape index (κ2) is 5.58. The lowest BCUT2D eigenvalue weighted by Crippen LogP contribution is -2.07. The summed E-state index contributed by atoms with van der Waals surface area (Å²) >= 11 is 0. The van der Waals surface area contributed by atoms with E-state index in [-0.39, 0.29) is 5.78 Å². The maximum atomic E-state index is 11.6. The Kier molecular flexibility index (Phi) is 4.36. The highest BCUT2D eigenvalue weighted by molar-refractivity contribution is 5.92. The monoisotopic (exact) mass is 194 g/mol. The van der Waals surface area contributed by atoms with Crippen molar-refractivity contribution >= 4 is 5.78 Å². The smallest absolute Gasteiger partial charge is 0.198 e. The molecule has 0 aliphatic heterocycles. The molecule has 0 bridgehead atoms. The predicted molar refractivity (Wildman–Crippen MR) is 56.2 cm³/mol. The second-order valence-corrected chi connectivity index (χ2v) is 3.81. The number of hydrogen-bond acceptors (Lipinski definition) is 2. The third-order valence-corrected chi connectivity index (χ3v) is 2.35. The molecule has 1 heterocycles. The van der Waals surface area contributed by atoms with Crippen molar-refractivity contribution in [2.75, 3.05) is 0 Å². The molecule has 14 heavy (non-hydrogen) atoms. The number of carbonyl (C=O) groups excluding carboxylic acids is 1. The lowest BCUT2D eigenvalue weighted by molar-refractivity contribution is 0.0953. The van der Waals surface area contributed by atoms with Gasteiger partial charge in [-0.3, -0.25) is 4.79 Å². The Balaban J connectivity index is 2.34. The van der Waals surface area contributed by atoms with Crippen molar-refractivity contribution in [3.8, 4) is 0 Å². The lowest BCUT2D eigenvalue weighted by atomic mass is 9.98. The van der Waals surface area contributed by atoms with Crippen LogP contribution >= 0.6 is 0 Å². The van der Waals surface area contributed by atoms with Gasteiger partial charge in [0, 0.05) is 18.8 Å². The third-order valence-electron chi connectivity index (χ3n) is 2.35. The molecule has 1 aromatic rings. The minimum atomic E-state index is 0.124. The summed E-state index contributed by atoms with van der Waals surface area (Å²) in [4.78, 5) is 18.4. The minimum absolute atomic E-state index is 0.124. The first kappa shape index (κ1) is 11.0. The van der Waals surface area contributed by atoms with E-state index >= 15 is 0 Å². The Labute approximate surface area is 84.9 Å². The molecule has 1 atom stereocenters. The SMILES string of the molecule is CCCCC(C)CC(=O)c1ncc[nH]1. The van der Waals surface area contributed by atoms with Crippen molar-refractivity contribution in [3.63, 3.8) is 0 Å². The van der Waals surface area contributed by atoms with Gasteiger partial charge >= 0.3 is 0 Å². The molecule has 1 aromatic heterocycles. The Morgan fingerprint density at radius 3 is 3.00 bits per heavy atom. The van der Waals surface area contributed by atoms with Crippen molar-refractivity contribution in [3.05, 3.63) is 18.2 Å². The predicted octanol–water partition coefficient (Wildman–Crippen LogP) is 2.81. The quantitative estimate of drug-likeness (QED) is 0.708. The number of rotatable bonds is 6. The molecule has 0 fully saturated rings. The van der Waals surface area contributed by atoms with E-state index in [9.17, 15) is 4.79 Å². The van der Waals surface area contributed by atoms with Gasteiger partial charge in [-0.15, -0.1) is 0 Å². The molecule has 0 saturated heterocycles. The molecule has 0 radical (unpaired) electrons. The maximum Gasteiger partial charge on any atom is 0.198 e. The zero-order chi connectivity index (χ0) is 10.4. The topological polar surface area (TPSA) is 45.8 Å². The van der Waals surface area contributed by atoms with Crippen LogP contribution in [-0.2, 0) is 0 Å². The fourth-order valence-corrected chi connectivity index (χ4v) is 1.49. The Bertz CT molecular complexity index is 267. The summed E-state index contributed by atoms with van der Waals surface area (Å²) in [6.07, 6.45) is 7.43. The molecule has 1 unspecified atom stereocenters. The van der Waals surface area contributed by atoms with E-state index in [2.05, 4.69) is 23.8 Å². The van der Waals surface area contributed by atoms with Crippen molar-refractivity contribution in [1.82, 2.24) is 9.97 Å². The lowest BCUT2D eigenvalue weighted by Gasteiger charge is -2.07. The van der Waals surface area contributed by atoms with Gasteiger partial charge in [0.1, 0.15) is 0 Å². The molecule has 0 amide bonds. The van der Waals surface area contributed by atoms with E-state index in [1.807, 2.05) is 0 Å². The number of hydrogen-bond donors (Lipinski definition) is 1. The molecule has 1 rings (SSSR count). The third kappa shape index (κ3) is 3.32. The van der Waals surface area contributed by atoms with Crippen LogP contribution in [0.3, 0.4) is 0 Å². The number of aromatic amines is 1. The van der Waals surface area contributed by atoms with Crippen LogP contribution in [0, 0.1) is 5.92 Å². The molecule has 0 aliphatic rings. The summed E-state index contributed by atoms with van der Waals surface area (Å²) in [6.45, 7) is 4.29. The van der Waals surface area contributed by atoms with Gasteiger partial charge in [0.25, 0.3) is 0 Å². The van der Waals surface area contributed by atoms with E-state index < -0.39 is 0 Å². The first-order chi connectivity index (χ1) is 6.74. The van der Waals surface area contributed by atoms with E-state index in [4.69, 9.17) is 0 Å². The zero-order valence-corrected chi connectivity index (χ0v) is 8.92. The molecule has 0 saturated carbocycles. The first-order valence-corrected chi connectivity index (χ1v) is 5.26. The van der Waals surface area contributed by atoms with Crippen LogP contribution in [0.15, 0.2) is 12.4 Å². The summed E-state index contributed by atoms with van der Waals surface area (Å²) in [5.41, 5.74) is 0. The molecule has 3 heteroatoms. The summed E-state index contributed by atoms with van der Waals surface area (Å²) in [5, 5.41) is 0. The van der Waals surface area contributed by atoms with E-state index in [1.165, 1.54) is 12.8 Å². The zero-order valence-electron chi connectivity index (χ0n) is 8.92. The number of unbranched alkanes of at least 4 members (excludes halogenated alkanes) is 1. The van der Waals surface area contributed by atoms with Crippen molar-refractivity contribution in [2.45, 2.75) is 39.5 Å². The Hall–Kier alpha value is -1.12. The minimum Gasteiger partial charge on any atom is -0.342 e. The number of ketones is 1. The standard InChI is InChI=1S/C11H18N2O/c1-3-4-5-9(2)8-10(14)11-12-6-7-13-11/h6-7,9H,3-5,8H2,1-2H3,(H,12,13). The molecule has 0 aromatic carbocycles. The van der Waals surface area contributed by atoms with Crippen molar-refractivity contribution in [2.24, 2.45) is 5.92 Å². The first-order valence-electron chi connectivity index (χ1n) is 5.26. The summed E-state index contributed by atoms with van der Waals surface area (Å²) in [6, 6.07) is 0. The van der Waals surface area contributed by atoms with Gasteiger partial charge in [0.15, 0.2) is 11.6 Å². The fourth-order valence-electron chi connectivity index (χ4n) is 1.49.